The van der Waals surface area contributed by atoms with Gasteiger partial charge in [-0.25, -0.2) is 4.79 Å². The molecule has 1 saturated heterocycles. The Hall–Kier alpha value is -1.30. The Morgan fingerprint density at radius 1 is 1.24 bits per heavy atom. The molecule has 1 saturated carbocycles. The Bertz CT molecular complexity index is 369. The second-order valence-electron chi connectivity index (χ2n) is 6.22. The number of carbonyl (C=O) groups is 2. The smallest absolute Gasteiger partial charge is 0.317 e. The minimum atomic E-state index is -0.752. The van der Waals surface area contributed by atoms with Crippen LogP contribution in [0.2, 0.25) is 0 Å². The first-order valence-corrected chi connectivity index (χ1v) is 7.92. The summed E-state index contributed by atoms with van der Waals surface area (Å²) < 4.78 is 5.64. The van der Waals surface area contributed by atoms with Gasteiger partial charge in [0.05, 0.1) is 12.0 Å². The number of nitrogens with one attached hydrogen (secondary N) is 1. The molecular formula is C15H26N2O4. The number of hydrogen-bond acceptors (Lipinski definition) is 3. The van der Waals surface area contributed by atoms with E-state index in [1.54, 1.807) is 11.9 Å². The third kappa shape index (κ3) is 4.88. The van der Waals surface area contributed by atoms with E-state index in [1.807, 2.05) is 0 Å². The molecule has 3 atom stereocenters. The van der Waals surface area contributed by atoms with Crippen LogP contribution in [0.5, 0.6) is 0 Å². The molecule has 2 aliphatic rings. The fourth-order valence-electron chi connectivity index (χ4n) is 3.17. The van der Waals surface area contributed by atoms with Crippen molar-refractivity contribution in [1.29, 1.82) is 0 Å². The van der Waals surface area contributed by atoms with Gasteiger partial charge >= 0.3 is 12.0 Å². The molecule has 1 aliphatic heterocycles. The van der Waals surface area contributed by atoms with Crippen LogP contribution < -0.4 is 5.32 Å². The van der Waals surface area contributed by atoms with Gasteiger partial charge in [0.25, 0.3) is 0 Å². The zero-order chi connectivity index (χ0) is 15.2. The summed E-state index contributed by atoms with van der Waals surface area (Å²) in [7, 11) is 1.77. The standard InChI is InChI=1S/C15H26N2O4/c1-17(10-13-7-2-3-8-21-13)15(20)16-12-6-4-5-11(9-12)14(18)19/h11-13H,2-10H2,1H3,(H,16,20)(H,18,19). The lowest BCUT2D eigenvalue weighted by molar-refractivity contribution is -0.143. The summed E-state index contributed by atoms with van der Waals surface area (Å²) >= 11 is 0. The Morgan fingerprint density at radius 2 is 2.05 bits per heavy atom. The molecule has 1 heterocycles. The van der Waals surface area contributed by atoms with Gasteiger partial charge in [-0.15, -0.1) is 0 Å². The number of carbonyl (C=O) groups excluding carboxylic acids is 1. The number of rotatable bonds is 4. The molecule has 0 aromatic heterocycles. The molecule has 0 spiro atoms. The minimum absolute atomic E-state index is 0.0259. The van der Waals surface area contributed by atoms with E-state index >= 15 is 0 Å². The molecule has 21 heavy (non-hydrogen) atoms. The molecule has 120 valence electrons. The minimum Gasteiger partial charge on any atom is -0.481 e. The largest absolute Gasteiger partial charge is 0.481 e. The van der Waals surface area contributed by atoms with Crippen molar-refractivity contribution in [3.63, 3.8) is 0 Å². The summed E-state index contributed by atoms with van der Waals surface area (Å²) in [5.41, 5.74) is 0. The Labute approximate surface area is 125 Å². The number of hydrogen-bond donors (Lipinski definition) is 2. The quantitative estimate of drug-likeness (QED) is 0.830. The van der Waals surface area contributed by atoms with Crippen LogP contribution in [0.15, 0.2) is 0 Å². The third-order valence-corrected chi connectivity index (χ3v) is 4.45. The summed E-state index contributed by atoms with van der Waals surface area (Å²) in [6.07, 6.45) is 6.37. The number of likely N-dealkylation sites (N-methyl/N-ethyl adjacent to an activating group) is 1. The SMILES string of the molecule is CN(CC1CCCCO1)C(=O)NC1CCCC(C(=O)O)C1. The lowest BCUT2D eigenvalue weighted by Gasteiger charge is -2.31. The summed E-state index contributed by atoms with van der Waals surface area (Å²) in [4.78, 5) is 24.9. The Balaban J connectivity index is 1.75. The number of carboxylic acids is 1. The number of amides is 2. The molecule has 1 aliphatic carbocycles. The molecule has 2 rings (SSSR count). The van der Waals surface area contributed by atoms with E-state index < -0.39 is 5.97 Å². The van der Waals surface area contributed by atoms with Crippen molar-refractivity contribution in [2.45, 2.75) is 57.1 Å². The number of aliphatic carboxylic acids is 1. The van der Waals surface area contributed by atoms with Crippen LogP contribution in [0.25, 0.3) is 0 Å². The third-order valence-electron chi connectivity index (χ3n) is 4.45. The van der Waals surface area contributed by atoms with Crippen molar-refractivity contribution in [2.75, 3.05) is 20.2 Å². The molecule has 6 heteroatoms. The zero-order valence-electron chi connectivity index (χ0n) is 12.7. The van der Waals surface area contributed by atoms with Gasteiger partial charge in [-0.3, -0.25) is 4.79 Å². The zero-order valence-corrected chi connectivity index (χ0v) is 12.7. The monoisotopic (exact) mass is 298 g/mol. The van der Waals surface area contributed by atoms with Crippen LogP contribution in [-0.2, 0) is 9.53 Å². The highest BCUT2D eigenvalue weighted by Crippen LogP contribution is 2.24. The Kier molecular flexibility index (Phi) is 5.85. The van der Waals surface area contributed by atoms with Gasteiger partial charge in [-0.2, -0.15) is 0 Å². The Morgan fingerprint density at radius 3 is 2.71 bits per heavy atom. The fraction of sp³-hybridized carbons (Fsp3) is 0.867. The van der Waals surface area contributed by atoms with Gasteiger partial charge in [0.15, 0.2) is 0 Å². The van der Waals surface area contributed by atoms with E-state index in [2.05, 4.69) is 5.32 Å². The highest BCUT2D eigenvalue weighted by Gasteiger charge is 2.28. The molecule has 2 fully saturated rings. The van der Waals surface area contributed by atoms with Crippen LogP contribution in [0, 0.1) is 5.92 Å². The number of urea groups is 1. The van der Waals surface area contributed by atoms with E-state index in [4.69, 9.17) is 9.84 Å². The number of nitrogens with zero attached hydrogens (tertiary/aromatic N) is 1. The number of carboxylic acid groups (broad SMARTS) is 1. The van der Waals surface area contributed by atoms with Gasteiger partial charge in [0.2, 0.25) is 0 Å². The van der Waals surface area contributed by atoms with Crippen LogP contribution in [0.4, 0.5) is 4.79 Å². The first-order chi connectivity index (χ1) is 10.1. The molecule has 2 amide bonds. The van der Waals surface area contributed by atoms with Crippen molar-refractivity contribution in [1.82, 2.24) is 10.2 Å². The van der Waals surface area contributed by atoms with Crippen LogP contribution in [0.3, 0.4) is 0 Å². The maximum atomic E-state index is 12.2. The molecular weight excluding hydrogens is 272 g/mol. The molecule has 2 N–H and O–H groups in total. The van der Waals surface area contributed by atoms with E-state index in [1.165, 1.54) is 0 Å². The first kappa shape index (κ1) is 16.1. The molecule has 0 bridgehead atoms. The predicted octanol–water partition coefficient (Wildman–Crippen LogP) is 1.84. The van der Waals surface area contributed by atoms with Crippen LogP contribution in [-0.4, -0.2) is 54.4 Å². The van der Waals surface area contributed by atoms with E-state index in [0.717, 1.165) is 38.7 Å². The van der Waals surface area contributed by atoms with Gasteiger partial charge < -0.3 is 20.1 Å². The molecule has 0 aromatic carbocycles. The van der Waals surface area contributed by atoms with E-state index in [9.17, 15) is 9.59 Å². The van der Waals surface area contributed by atoms with Crippen LogP contribution >= 0.6 is 0 Å². The molecule has 0 radical (unpaired) electrons. The molecule has 0 aromatic rings. The number of ether oxygens (including phenoxy) is 1. The average molecular weight is 298 g/mol. The van der Waals surface area contributed by atoms with Crippen molar-refractivity contribution in [3.8, 4) is 0 Å². The molecule has 6 nitrogen and oxygen atoms in total. The summed E-state index contributed by atoms with van der Waals surface area (Å²) in [6, 6.07) is -0.151. The maximum absolute atomic E-state index is 12.2. The highest BCUT2D eigenvalue weighted by atomic mass is 16.5. The van der Waals surface area contributed by atoms with Crippen molar-refractivity contribution in [3.05, 3.63) is 0 Å². The second kappa shape index (κ2) is 7.64. The summed E-state index contributed by atoms with van der Waals surface area (Å²) in [5.74, 6) is -1.08. The van der Waals surface area contributed by atoms with Crippen molar-refractivity contribution < 1.29 is 19.4 Å². The lowest BCUT2D eigenvalue weighted by atomic mass is 9.86. The van der Waals surface area contributed by atoms with Gasteiger partial charge in [0, 0.05) is 26.2 Å². The average Bonchev–Trinajstić information content (AvgIpc) is 2.48. The van der Waals surface area contributed by atoms with Crippen LogP contribution in [0.1, 0.15) is 44.9 Å². The van der Waals surface area contributed by atoms with E-state index in [-0.39, 0.29) is 24.1 Å². The van der Waals surface area contributed by atoms with Gasteiger partial charge in [0.1, 0.15) is 0 Å². The van der Waals surface area contributed by atoms with Gasteiger partial charge in [-0.1, -0.05) is 6.42 Å². The topological polar surface area (TPSA) is 78.9 Å². The van der Waals surface area contributed by atoms with Crippen molar-refractivity contribution in [2.24, 2.45) is 5.92 Å². The summed E-state index contributed by atoms with van der Waals surface area (Å²) in [6.45, 7) is 1.38. The normalized spacial score (nSPS) is 29.7. The highest BCUT2D eigenvalue weighted by molar-refractivity contribution is 5.74. The van der Waals surface area contributed by atoms with Gasteiger partial charge in [-0.05, 0) is 38.5 Å². The maximum Gasteiger partial charge on any atom is 0.317 e. The fourth-order valence-corrected chi connectivity index (χ4v) is 3.17. The van der Waals surface area contributed by atoms with Crippen molar-refractivity contribution >= 4 is 12.0 Å². The second-order valence-corrected chi connectivity index (χ2v) is 6.22. The van der Waals surface area contributed by atoms with E-state index in [0.29, 0.717) is 19.4 Å². The summed E-state index contributed by atoms with van der Waals surface area (Å²) in [5, 5.41) is 12.0. The molecule has 3 unspecified atom stereocenters. The lowest BCUT2D eigenvalue weighted by Crippen LogP contribution is -2.48. The first-order valence-electron chi connectivity index (χ1n) is 7.92. The predicted molar refractivity (Wildman–Crippen MR) is 78.1 cm³/mol.